The van der Waals surface area contributed by atoms with E-state index in [1.165, 1.54) is 0 Å². The van der Waals surface area contributed by atoms with Crippen LogP contribution in [0.1, 0.15) is 27.2 Å². The lowest BCUT2D eigenvalue weighted by atomic mass is 10.3. The van der Waals surface area contributed by atoms with Crippen LogP contribution in [-0.4, -0.2) is 19.6 Å². The first kappa shape index (κ1) is 14.5. The number of hydrogen-bond donors (Lipinski definition) is 1. The van der Waals surface area contributed by atoms with Crippen molar-refractivity contribution in [3.8, 4) is 0 Å². The van der Waals surface area contributed by atoms with E-state index in [4.69, 9.17) is 0 Å². The Labute approximate surface area is 98.5 Å². The lowest BCUT2D eigenvalue weighted by Gasteiger charge is -2.17. The Kier molecular flexibility index (Phi) is 7.94. The van der Waals surface area contributed by atoms with Gasteiger partial charge in [-0.3, -0.25) is 4.90 Å². The van der Waals surface area contributed by atoms with Crippen LogP contribution < -0.4 is 10.2 Å². The van der Waals surface area contributed by atoms with Crippen LogP contribution in [0.25, 0.3) is 0 Å². The van der Waals surface area contributed by atoms with Gasteiger partial charge in [-0.25, -0.2) is 4.79 Å². The van der Waals surface area contributed by atoms with Gasteiger partial charge in [0.15, 0.2) is 0 Å². The van der Waals surface area contributed by atoms with Gasteiger partial charge >= 0.3 is 6.03 Å². The van der Waals surface area contributed by atoms with Crippen LogP contribution in [0.2, 0.25) is 0 Å². The van der Waals surface area contributed by atoms with Crippen molar-refractivity contribution in [2.24, 2.45) is 0 Å². The van der Waals surface area contributed by atoms with Gasteiger partial charge in [0.05, 0.1) is 0 Å². The van der Waals surface area contributed by atoms with E-state index in [9.17, 15) is 4.79 Å². The molecule has 3 nitrogen and oxygen atoms in total. The largest absolute Gasteiger partial charge is 0.338 e. The summed E-state index contributed by atoms with van der Waals surface area (Å²) < 4.78 is 0. The second-order valence-corrected chi connectivity index (χ2v) is 3.13. The van der Waals surface area contributed by atoms with Crippen LogP contribution in [0.4, 0.5) is 10.5 Å². The molecule has 0 aliphatic rings. The molecule has 1 aromatic carbocycles. The fourth-order valence-electron chi connectivity index (χ4n) is 1.12. The molecule has 0 heterocycles. The summed E-state index contributed by atoms with van der Waals surface area (Å²) in [6.45, 7) is 6.75. The van der Waals surface area contributed by atoms with E-state index in [0.29, 0.717) is 0 Å². The van der Waals surface area contributed by atoms with E-state index in [1.54, 1.807) is 11.9 Å². The van der Waals surface area contributed by atoms with Crippen LogP contribution in [0, 0.1) is 0 Å². The molecule has 0 aromatic heterocycles. The number of carbonyl (C=O) groups excluding carboxylic acids is 1. The molecule has 2 amide bonds. The number of nitrogens with zero attached hydrogens (tertiary/aromatic N) is 1. The second-order valence-electron chi connectivity index (χ2n) is 3.13. The summed E-state index contributed by atoms with van der Waals surface area (Å²) in [5.74, 6) is 0. The maximum absolute atomic E-state index is 11.5. The number of carbonyl (C=O) groups is 1. The standard InChI is InChI=1S/C11H16N2O.C2H6/c1-3-9-12-11(14)13(2)10-7-5-4-6-8-10;1-2/h4-8H,3,9H2,1-2H3,(H,12,14);1-2H3. The van der Waals surface area contributed by atoms with Crippen molar-refractivity contribution in [2.45, 2.75) is 27.2 Å². The highest BCUT2D eigenvalue weighted by Crippen LogP contribution is 2.10. The average molecular weight is 222 g/mol. The molecular weight excluding hydrogens is 200 g/mol. The predicted molar refractivity (Wildman–Crippen MR) is 69.9 cm³/mol. The molecule has 1 rings (SSSR count). The Morgan fingerprint density at radius 2 is 1.81 bits per heavy atom. The van der Waals surface area contributed by atoms with Crippen LogP contribution in [-0.2, 0) is 0 Å². The van der Waals surface area contributed by atoms with Gasteiger partial charge < -0.3 is 5.32 Å². The molecule has 0 atom stereocenters. The van der Waals surface area contributed by atoms with E-state index in [0.717, 1.165) is 18.7 Å². The Morgan fingerprint density at radius 1 is 1.25 bits per heavy atom. The molecule has 0 aliphatic carbocycles. The van der Waals surface area contributed by atoms with Crippen LogP contribution >= 0.6 is 0 Å². The molecule has 0 saturated heterocycles. The third-order valence-electron chi connectivity index (χ3n) is 1.97. The number of para-hydroxylation sites is 1. The number of anilines is 1. The minimum absolute atomic E-state index is 0.0574. The second kappa shape index (κ2) is 8.77. The summed E-state index contributed by atoms with van der Waals surface area (Å²) in [5.41, 5.74) is 0.904. The van der Waals surface area contributed by atoms with Crippen molar-refractivity contribution in [1.82, 2.24) is 5.32 Å². The third kappa shape index (κ3) is 4.82. The first-order chi connectivity index (χ1) is 7.75. The smallest absolute Gasteiger partial charge is 0.321 e. The monoisotopic (exact) mass is 222 g/mol. The Bertz CT molecular complexity index is 285. The molecule has 1 N–H and O–H groups in total. The molecule has 3 heteroatoms. The summed E-state index contributed by atoms with van der Waals surface area (Å²) in [6.07, 6.45) is 0.953. The number of amides is 2. The molecule has 0 bridgehead atoms. The first-order valence-corrected chi connectivity index (χ1v) is 5.82. The van der Waals surface area contributed by atoms with E-state index in [-0.39, 0.29) is 6.03 Å². The fraction of sp³-hybridized carbons (Fsp3) is 0.462. The van der Waals surface area contributed by atoms with E-state index in [1.807, 2.05) is 51.1 Å². The highest BCUT2D eigenvalue weighted by atomic mass is 16.2. The molecule has 0 fully saturated rings. The van der Waals surface area contributed by atoms with Gasteiger partial charge in [-0.2, -0.15) is 0 Å². The normalized spacial score (nSPS) is 8.75. The van der Waals surface area contributed by atoms with Crippen molar-refractivity contribution in [3.63, 3.8) is 0 Å². The SMILES string of the molecule is CC.CCCNC(=O)N(C)c1ccccc1. The summed E-state index contributed by atoms with van der Waals surface area (Å²) in [5, 5.41) is 2.82. The lowest BCUT2D eigenvalue weighted by molar-refractivity contribution is 0.247. The quantitative estimate of drug-likeness (QED) is 0.836. The third-order valence-corrected chi connectivity index (χ3v) is 1.97. The minimum atomic E-state index is -0.0574. The topological polar surface area (TPSA) is 32.3 Å². The van der Waals surface area contributed by atoms with Gasteiger partial charge in [0.1, 0.15) is 0 Å². The van der Waals surface area contributed by atoms with Crippen molar-refractivity contribution in [1.29, 1.82) is 0 Å². The van der Waals surface area contributed by atoms with Crippen LogP contribution in [0.3, 0.4) is 0 Å². The van der Waals surface area contributed by atoms with E-state index < -0.39 is 0 Å². The zero-order chi connectivity index (χ0) is 12.4. The number of benzene rings is 1. The summed E-state index contributed by atoms with van der Waals surface area (Å²) in [6, 6.07) is 9.52. The maximum Gasteiger partial charge on any atom is 0.321 e. The maximum atomic E-state index is 11.5. The zero-order valence-electron chi connectivity index (χ0n) is 10.7. The summed E-state index contributed by atoms with van der Waals surface area (Å²) in [4.78, 5) is 13.1. The average Bonchev–Trinajstić information content (AvgIpc) is 2.38. The molecule has 1 aromatic rings. The summed E-state index contributed by atoms with van der Waals surface area (Å²) >= 11 is 0. The molecule has 90 valence electrons. The van der Waals surface area contributed by atoms with Gasteiger partial charge in [0.25, 0.3) is 0 Å². The van der Waals surface area contributed by atoms with Crippen molar-refractivity contribution in [3.05, 3.63) is 30.3 Å². The minimum Gasteiger partial charge on any atom is -0.338 e. The lowest BCUT2D eigenvalue weighted by Crippen LogP contribution is -2.37. The Balaban J connectivity index is 0.00000106. The van der Waals surface area contributed by atoms with E-state index >= 15 is 0 Å². The molecule has 0 radical (unpaired) electrons. The number of urea groups is 1. The number of nitrogens with one attached hydrogen (secondary N) is 1. The molecule has 0 saturated carbocycles. The first-order valence-electron chi connectivity index (χ1n) is 5.82. The molecule has 0 unspecified atom stereocenters. The Hall–Kier alpha value is -1.51. The highest BCUT2D eigenvalue weighted by Gasteiger charge is 2.07. The van der Waals surface area contributed by atoms with Crippen LogP contribution in [0.15, 0.2) is 30.3 Å². The summed E-state index contributed by atoms with van der Waals surface area (Å²) in [7, 11) is 1.76. The van der Waals surface area contributed by atoms with Crippen molar-refractivity contribution < 1.29 is 4.79 Å². The van der Waals surface area contributed by atoms with Crippen LogP contribution in [0.5, 0.6) is 0 Å². The fourth-order valence-corrected chi connectivity index (χ4v) is 1.12. The molecule has 0 spiro atoms. The molecule has 16 heavy (non-hydrogen) atoms. The van der Waals surface area contributed by atoms with Crippen molar-refractivity contribution in [2.75, 3.05) is 18.5 Å². The van der Waals surface area contributed by atoms with Crippen molar-refractivity contribution >= 4 is 11.7 Å². The molecule has 0 aliphatic heterocycles. The van der Waals surface area contributed by atoms with Gasteiger partial charge in [-0.05, 0) is 18.6 Å². The number of hydrogen-bond acceptors (Lipinski definition) is 1. The van der Waals surface area contributed by atoms with Gasteiger partial charge in [0, 0.05) is 19.3 Å². The highest BCUT2D eigenvalue weighted by molar-refractivity contribution is 5.91. The number of rotatable bonds is 3. The predicted octanol–water partition coefficient (Wildman–Crippen LogP) is 3.27. The Morgan fingerprint density at radius 3 is 2.31 bits per heavy atom. The van der Waals surface area contributed by atoms with Gasteiger partial charge in [-0.15, -0.1) is 0 Å². The van der Waals surface area contributed by atoms with E-state index in [2.05, 4.69) is 5.32 Å². The van der Waals surface area contributed by atoms with Gasteiger partial charge in [-0.1, -0.05) is 39.0 Å². The van der Waals surface area contributed by atoms with Gasteiger partial charge in [0.2, 0.25) is 0 Å². The zero-order valence-corrected chi connectivity index (χ0v) is 10.7. The molecular formula is C13H22N2O.